The third kappa shape index (κ3) is 2.67. The van der Waals surface area contributed by atoms with Gasteiger partial charge in [-0.25, -0.2) is 0 Å². The van der Waals surface area contributed by atoms with E-state index in [9.17, 15) is 10.2 Å². The molecule has 0 saturated carbocycles. The van der Waals surface area contributed by atoms with Crippen LogP contribution in [0.5, 0.6) is 11.5 Å². The molecule has 0 radical (unpaired) electrons. The predicted octanol–water partition coefficient (Wildman–Crippen LogP) is 3.22. The maximum absolute atomic E-state index is 9.65. The highest BCUT2D eigenvalue weighted by Crippen LogP contribution is 2.34. The van der Waals surface area contributed by atoms with Gasteiger partial charge >= 0.3 is 0 Å². The van der Waals surface area contributed by atoms with Crippen molar-refractivity contribution in [3.63, 3.8) is 0 Å². The van der Waals surface area contributed by atoms with E-state index >= 15 is 0 Å². The van der Waals surface area contributed by atoms with Crippen LogP contribution in [0.2, 0.25) is 0 Å². The Kier molecular flexibility index (Phi) is 4.35. The number of hydrogen-bond donors (Lipinski definition) is 3. The number of hydrogen-bond acceptors (Lipinski definition) is 3. The van der Waals surface area contributed by atoms with E-state index in [1.165, 1.54) is 16.7 Å². The third-order valence-corrected chi connectivity index (χ3v) is 3.74. The van der Waals surface area contributed by atoms with Gasteiger partial charge in [-0.1, -0.05) is 29.8 Å². The van der Waals surface area contributed by atoms with Gasteiger partial charge in [-0.05, 0) is 35.7 Å². The zero-order chi connectivity index (χ0) is 13.4. The summed E-state index contributed by atoms with van der Waals surface area (Å²) in [5.41, 5.74) is 4.89. The van der Waals surface area contributed by atoms with Gasteiger partial charge in [0.2, 0.25) is 0 Å². The van der Waals surface area contributed by atoms with Gasteiger partial charge in [-0.15, -0.1) is 17.0 Å². The van der Waals surface area contributed by atoms with Crippen LogP contribution in [0.25, 0.3) is 0 Å². The number of phenols is 2. The Morgan fingerprint density at radius 3 is 2.60 bits per heavy atom. The Hall–Kier alpha value is -1.52. The zero-order valence-corrected chi connectivity index (χ0v) is 13.0. The summed E-state index contributed by atoms with van der Waals surface area (Å²) in [4.78, 5) is 0. The van der Waals surface area contributed by atoms with Crippen molar-refractivity contribution in [2.75, 3.05) is 6.54 Å². The van der Waals surface area contributed by atoms with E-state index in [2.05, 4.69) is 30.4 Å². The van der Waals surface area contributed by atoms with Crippen molar-refractivity contribution in [3.05, 3.63) is 58.7 Å². The SMILES string of the molecule is Br.Cc1ccc2c(c1)CNCC2c1ccc(O)c(O)c1. The number of benzene rings is 2. The molecule has 4 heteroatoms. The number of halogens is 1. The van der Waals surface area contributed by atoms with Crippen molar-refractivity contribution in [1.29, 1.82) is 0 Å². The normalized spacial score (nSPS) is 17.1. The van der Waals surface area contributed by atoms with Crippen LogP contribution in [0, 0.1) is 6.92 Å². The van der Waals surface area contributed by atoms with E-state index in [-0.39, 0.29) is 34.4 Å². The summed E-state index contributed by atoms with van der Waals surface area (Å²) in [5, 5.41) is 22.5. The van der Waals surface area contributed by atoms with Crippen molar-refractivity contribution in [2.45, 2.75) is 19.4 Å². The molecule has 1 atom stereocenters. The standard InChI is InChI=1S/C16H17NO2.BrH/c1-10-2-4-13-12(6-10)8-17-9-14(13)11-3-5-15(18)16(19)7-11;/h2-7,14,17-19H,8-9H2,1H3;1H. The lowest BCUT2D eigenvalue weighted by atomic mass is 9.85. The van der Waals surface area contributed by atoms with Gasteiger partial charge in [-0.3, -0.25) is 0 Å². The average molecular weight is 336 g/mol. The summed E-state index contributed by atoms with van der Waals surface area (Å²) in [6, 6.07) is 11.6. The molecule has 1 aliphatic heterocycles. The Bertz CT molecular complexity index is 628. The Labute approximate surface area is 129 Å². The minimum absolute atomic E-state index is 0. The quantitative estimate of drug-likeness (QED) is 0.701. The van der Waals surface area contributed by atoms with Gasteiger partial charge < -0.3 is 15.5 Å². The van der Waals surface area contributed by atoms with Crippen LogP contribution in [0.4, 0.5) is 0 Å². The summed E-state index contributed by atoms with van der Waals surface area (Å²) in [5.74, 6) is 0.0873. The van der Waals surface area contributed by atoms with Gasteiger partial charge in [0, 0.05) is 19.0 Å². The third-order valence-electron chi connectivity index (χ3n) is 3.74. The molecule has 1 unspecified atom stereocenters. The van der Waals surface area contributed by atoms with E-state index < -0.39 is 0 Å². The minimum Gasteiger partial charge on any atom is -0.504 e. The van der Waals surface area contributed by atoms with Crippen LogP contribution in [0.1, 0.15) is 28.2 Å². The van der Waals surface area contributed by atoms with Crippen LogP contribution in [-0.4, -0.2) is 16.8 Å². The van der Waals surface area contributed by atoms with E-state index in [4.69, 9.17) is 0 Å². The molecule has 0 aromatic heterocycles. The lowest BCUT2D eigenvalue weighted by molar-refractivity contribution is 0.402. The number of phenolic OH excluding ortho intramolecular Hbond substituents is 2. The Morgan fingerprint density at radius 1 is 1.05 bits per heavy atom. The molecule has 2 aromatic carbocycles. The molecule has 20 heavy (non-hydrogen) atoms. The summed E-state index contributed by atoms with van der Waals surface area (Å²) >= 11 is 0. The molecule has 3 N–H and O–H groups in total. The van der Waals surface area contributed by atoms with E-state index in [0.29, 0.717) is 0 Å². The molecular formula is C16H18BrNO2. The topological polar surface area (TPSA) is 52.5 Å². The molecule has 0 fully saturated rings. The fraction of sp³-hybridized carbons (Fsp3) is 0.250. The van der Waals surface area contributed by atoms with E-state index in [0.717, 1.165) is 18.7 Å². The summed E-state index contributed by atoms with van der Waals surface area (Å²) in [6.07, 6.45) is 0. The van der Waals surface area contributed by atoms with Crippen LogP contribution in [0.15, 0.2) is 36.4 Å². The van der Waals surface area contributed by atoms with Crippen LogP contribution >= 0.6 is 17.0 Å². The first-order valence-corrected chi connectivity index (χ1v) is 6.47. The molecule has 3 rings (SSSR count). The maximum atomic E-state index is 9.65. The zero-order valence-electron chi connectivity index (χ0n) is 11.3. The number of rotatable bonds is 1. The average Bonchev–Trinajstić information content (AvgIpc) is 2.41. The molecule has 106 valence electrons. The number of aryl methyl sites for hydroxylation is 1. The second kappa shape index (κ2) is 5.85. The highest BCUT2D eigenvalue weighted by Gasteiger charge is 2.22. The highest BCUT2D eigenvalue weighted by atomic mass is 79.9. The molecule has 0 aliphatic carbocycles. The molecule has 0 spiro atoms. The second-order valence-electron chi connectivity index (χ2n) is 5.13. The molecule has 0 bridgehead atoms. The number of aromatic hydroxyl groups is 2. The largest absolute Gasteiger partial charge is 0.504 e. The van der Waals surface area contributed by atoms with Crippen molar-refractivity contribution in [2.24, 2.45) is 0 Å². The smallest absolute Gasteiger partial charge is 0.157 e. The summed E-state index contributed by atoms with van der Waals surface area (Å²) in [6.45, 7) is 3.83. The molecular weight excluding hydrogens is 318 g/mol. The van der Waals surface area contributed by atoms with Gasteiger partial charge in [-0.2, -0.15) is 0 Å². The molecule has 1 heterocycles. The molecule has 0 saturated heterocycles. The first kappa shape index (κ1) is 14.9. The number of nitrogens with one attached hydrogen (secondary N) is 1. The second-order valence-corrected chi connectivity index (χ2v) is 5.13. The molecule has 1 aliphatic rings. The summed E-state index contributed by atoms with van der Waals surface area (Å²) < 4.78 is 0. The van der Waals surface area contributed by atoms with Crippen LogP contribution in [0.3, 0.4) is 0 Å². The van der Waals surface area contributed by atoms with Gasteiger partial charge in [0.15, 0.2) is 11.5 Å². The monoisotopic (exact) mass is 335 g/mol. The van der Waals surface area contributed by atoms with Crippen molar-refractivity contribution in [3.8, 4) is 11.5 Å². The maximum Gasteiger partial charge on any atom is 0.157 e. The summed E-state index contributed by atoms with van der Waals surface area (Å²) in [7, 11) is 0. The van der Waals surface area contributed by atoms with E-state index in [1.807, 2.05) is 6.07 Å². The molecule has 2 aromatic rings. The fourth-order valence-corrected chi connectivity index (χ4v) is 2.74. The molecule has 3 nitrogen and oxygen atoms in total. The van der Waals surface area contributed by atoms with E-state index in [1.54, 1.807) is 12.1 Å². The van der Waals surface area contributed by atoms with Crippen LogP contribution < -0.4 is 5.32 Å². The Balaban J connectivity index is 0.00000147. The number of fused-ring (bicyclic) bond motifs is 1. The van der Waals surface area contributed by atoms with Crippen molar-refractivity contribution < 1.29 is 10.2 Å². The van der Waals surface area contributed by atoms with Gasteiger partial charge in [0.1, 0.15) is 0 Å². The lowest BCUT2D eigenvalue weighted by Gasteiger charge is -2.27. The lowest BCUT2D eigenvalue weighted by Crippen LogP contribution is -2.28. The van der Waals surface area contributed by atoms with Gasteiger partial charge in [0.05, 0.1) is 0 Å². The van der Waals surface area contributed by atoms with Crippen molar-refractivity contribution in [1.82, 2.24) is 5.32 Å². The Morgan fingerprint density at radius 2 is 1.85 bits per heavy atom. The molecule has 0 amide bonds. The van der Waals surface area contributed by atoms with Crippen molar-refractivity contribution >= 4 is 17.0 Å². The highest BCUT2D eigenvalue weighted by molar-refractivity contribution is 8.93. The first-order valence-electron chi connectivity index (χ1n) is 6.47. The fourth-order valence-electron chi connectivity index (χ4n) is 2.74. The van der Waals surface area contributed by atoms with Gasteiger partial charge in [0.25, 0.3) is 0 Å². The predicted molar refractivity (Wildman–Crippen MR) is 84.8 cm³/mol. The van der Waals surface area contributed by atoms with Crippen LogP contribution in [-0.2, 0) is 6.54 Å². The first-order chi connectivity index (χ1) is 9.15. The minimum atomic E-state index is -0.0725.